The van der Waals surface area contributed by atoms with Crippen molar-refractivity contribution in [1.82, 2.24) is 4.98 Å². The predicted octanol–water partition coefficient (Wildman–Crippen LogP) is 4.54. The third kappa shape index (κ3) is 2.52. The molecule has 2 amide bonds. The lowest BCUT2D eigenvalue weighted by atomic mass is 10.0. The number of aromatic nitrogens is 1. The number of carbonyl (C=O) groups is 2. The van der Waals surface area contributed by atoms with Gasteiger partial charge >= 0.3 is 0 Å². The molecular formula is C22H17ClN2O4. The summed E-state index contributed by atoms with van der Waals surface area (Å²) >= 11 is 6.39. The van der Waals surface area contributed by atoms with Crippen molar-refractivity contribution in [3.63, 3.8) is 0 Å². The summed E-state index contributed by atoms with van der Waals surface area (Å²) in [6.45, 7) is 4.08. The standard InChI is InChI=1S/C22H17ClN2O4/c1-3-11-5-6-15(23)13(4-2)20(11)25-21(26)14-7-12-8-17-18(29-10-28-17)9-16(12)24-19(14)22(25)27/h5-9H,3-4,10H2,1-2H3. The lowest BCUT2D eigenvalue weighted by Crippen LogP contribution is -2.31. The number of fused-ring (bicyclic) bond motifs is 3. The van der Waals surface area contributed by atoms with Gasteiger partial charge in [-0.25, -0.2) is 9.88 Å². The molecule has 5 rings (SSSR count). The van der Waals surface area contributed by atoms with Gasteiger partial charge in [-0.2, -0.15) is 0 Å². The Morgan fingerprint density at radius 3 is 2.52 bits per heavy atom. The molecule has 0 bridgehead atoms. The molecule has 3 aromatic rings. The SMILES string of the molecule is CCc1ccc(Cl)c(CC)c1N1C(=O)c2cc3cc4c(cc3nc2C1=O)OCO4. The van der Waals surface area contributed by atoms with Crippen molar-refractivity contribution >= 4 is 40.0 Å². The monoisotopic (exact) mass is 408 g/mol. The molecule has 0 unspecified atom stereocenters. The number of rotatable bonds is 3. The number of anilines is 1. The van der Waals surface area contributed by atoms with Gasteiger partial charge in [0.1, 0.15) is 5.69 Å². The van der Waals surface area contributed by atoms with Crippen LogP contribution >= 0.6 is 11.6 Å². The van der Waals surface area contributed by atoms with Crippen LogP contribution in [0.15, 0.2) is 30.3 Å². The van der Waals surface area contributed by atoms with Crippen LogP contribution in [-0.2, 0) is 12.8 Å². The molecule has 0 saturated heterocycles. The average molecular weight is 409 g/mol. The maximum atomic E-state index is 13.3. The molecule has 2 aliphatic rings. The van der Waals surface area contributed by atoms with E-state index in [4.69, 9.17) is 21.1 Å². The van der Waals surface area contributed by atoms with E-state index in [2.05, 4.69) is 4.98 Å². The number of halogens is 1. The highest BCUT2D eigenvalue weighted by atomic mass is 35.5. The van der Waals surface area contributed by atoms with Crippen molar-refractivity contribution in [3.05, 3.63) is 57.7 Å². The minimum absolute atomic E-state index is 0.144. The van der Waals surface area contributed by atoms with Crippen molar-refractivity contribution in [1.29, 1.82) is 0 Å². The zero-order chi connectivity index (χ0) is 20.3. The van der Waals surface area contributed by atoms with Gasteiger partial charge in [0.15, 0.2) is 11.5 Å². The molecule has 0 N–H and O–H groups in total. The number of benzene rings is 2. The Kier molecular flexibility index (Phi) is 3.99. The Morgan fingerprint density at radius 1 is 1.03 bits per heavy atom. The highest BCUT2D eigenvalue weighted by molar-refractivity contribution is 6.36. The molecule has 29 heavy (non-hydrogen) atoms. The van der Waals surface area contributed by atoms with E-state index in [0.717, 1.165) is 11.1 Å². The van der Waals surface area contributed by atoms with Gasteiger partial charge in [0, 0.05) is 16.5 Å². The van der Waals surface area contributed by atoms with Gasteiger partial charge < -0.3 is 9.47 Å². The van der Waals surface area contributed by atoms with Crippen LogP contribution in [0.3, 0.4) is 0 Å². The largest absolute Gasteiger partial charge is 0.454 e. The lowest BCUT2D eigenvalue weighted by Gasteiger charge is -2.22. The molecule has 0 fully saturated rings. The Bertz CT molecular complexity index is 1160. The van der Waals surface area contributed by atoms with E-state index in [1.807, 2.05) is 26.0 Å². The van der Waals surface area contributed by atoms with Crippen molar-refractivity contribution in [2.45, 2.75) is 26.7 Å². The van der Waals surface area contributed by atoms with E-state index < -0.39 is 5.91 Å². The smallest absolute Gasteiger partial charge is 0.284 e. The van der Waals surface area contributed by atoms with Gasteiger partial charge in [0.05, 0.1) is 16.8 Å². The van der Waals surface area contributed by atoms with Crippen LogP contribution in [0.1, 0.15) is 45.8 Å². The van der Waals surface area contributed by atoms with Crippen LogP contribution in [0.5, 0.6) is 11.5 Å². The topological polar surface area (TPSA) is 68.7 Å². The first-order chi connectivity index (χ1) is 14.0. The third-order valence-electron chi connectivity index (χ3n) is 5.42. The van der Waals surface area contributed by atoms with E-state index in [1.54, 1.807) is 18.2 Å². The molecule has 0 aliphatic carbocycles. The molecule has 6 nitrogen and oxygen atoms in total. The quantitative estimate of drug-likeness (QED) is 0.595. The number of imide groups is 1. The molecule has 0 saturated carbocycles. The number of hydrogen-bond acceptors (Lipinski definition) is 5. The first-order valence-electron chi connectivity index (χ1n) is 9.46. The number of ether oxygens (including phenoxy) is 2. The molecule has 3 heterocycles. The number of nitrogens with zero attached hydrogens (tertiary/aromatic N) is 2. The van der Waals surface area contributed by atoms with Gasteiger partial charge in [-0.15, -0.1) is 0 Å². The van der Waals surface area contributed by atoms with E-state index >= 15 is 0 Å². The Morgan fingerprint density at radius 2 is 1.79 bits per heavy atom. The third-order valence-corrected chi connectivity index (χ3v) is 5.77. The second-order valence-electron chi connectivity index (χ2n) is 6.97. The van der Waals surface area contributed by atoms with Crippen LogP contribution in [0.2, 0.25) is 5.02 Å². The summed E-state index contributed by atoms with van der Waals surface area (Å²) in [7, 11) is 0. The summed E-state index contributed by atoms with van der Waals surface area (Å²) in [5, 5.41) is 1.26. The van der Waals surface area contributed by atoms with Crippen LogP contribution in [0.4, 0.5) is 5.69 Å². The van der Waals surface area contributed by atoms with Crippen molar-refractivity contribution in [3.8, 4) is 11.5 Å². The second kappa shape index (κ2) is 6.46. The Hall–Kier alpha value is -3.12. The molecular weight excluding hydrogens is 392 g/mol. The van der Waals surface area contributed by atoms with E-state index in [1.165, 1.54) is 4.90 Å². The van der Waals surface area contributed by atoms with E-state index in [0.29, 0.717) is 46.0 Å². The zero-order valence-electron chi connectivity index (χ0n) is 15.9. The molecule has 146 valence electrons. The number of pyridine rings is 1. The maximum absolute atomic E-state index is 13.3. The number of hydrogen-bond donors (Lipinski definition) is 0. The lowest BCUT2D eigenvalue weighted by molar-refractivity contribution is 0.0924. The van der Waals surface area contributed by atoms with Crippen molar-refractivity contribution in [2.24, 2.45) is 0 Å². The van der Waals surface area contributed by atoms with Gasteiger partial charge in [-0.05, 0) is 42.2 Å². The second-order valence-corrected chi connectivity index (χ2v) is 7.38. The van der Waals surface area contributed by atoms with Crippen molar-refractivity contribution < 1.29 is 19.1 Å². The fraction of sp³-hybridized carbons (Fsp3) is 0.227. The van der Waals surface area contributed by atoms with Crippen LogP contribution in [0, 0.1) is 0 Å². The van der Waals surface area contributed by atoms with Gasteiger partial charge in [0.25, 0.3) is 11.8 Å². The highest BCUT2D eigenvalue weighted by Crippen LogP contribution is 2.40. The highest BCUT2D eigenvalue weighted by Gasteiger charge is 2.40. The fourth-order valence-corrected chi connectivity index (χ4v) is 4.26. The fourth-order valence-electron chi connectivity index (χ4n) is 3.97. The number of aryl methyl sites for hydroxylation is 1. The predicted molar refractivity (Wildman–Crippen MR) is 109 cm³/mol. The van der Waals surface area contributed by atoms with E-state index in [-0.39, 0.29) is 24.0 Å². The van der Waals surface area contributed by atoms with Gasteiger partial charge in [-0.3, -0.25) is 9.59 Å². The van der Waals surface area contributed by atoms with E-state index in [9.17, 15) is 9.59 Å². The molecule has 7 heteroatoms. The summed E-state index contributed by atoms with van der Waals surface area (Å²) in [5.74, 6) is 0.360. The zero-order valence-corrected chi connectivity index (χ0v) is 16.7. The van der Waals surface area contributed by atoms with Gasteiger partial charge in [-0.1, -0.05) is 31.5 Å². The minimum Gasteiger partial charge on any atom is -0.454 e. The van der Waals surface area contributed by atoms with Crippen LogP contribution in [-0.4, -0.2) is 23.6 Å². The first-order valence-corrected chi connectivity index (χ1v) is 9.84. The molecule has 2 aromatic carbocycles. The summed E-state index contributed by atoms with van der Waals surface area (Å²) in [6, 6.07) is 8.88. The summed E-state index contributed by atoms with van der Waals surface area (Å²) in [4.78, 5) is 32.3. The maximum Gasteiger partial charge on any atom is 0.284 e. The van der Waals surface area contributed by atoms with Crippen LogP contribution < -0.4 is 14.4 Å². The molecule has 2 aliphatic heterocycles. The molecule has 1 aromatic heterocycles. The Labute approximate surface area is 172 Å². The Balaban J connectivity index is 1.70. The van der Waals surface area contributed by atoms with Crippen molar-refractivity contribution in [2.75, 3.05) is 11.7 Å². The first kappa shape index (κ1) is 17.9. The summed E-state index contributed by atoms with van der Waals surface area (Å²) < 4.78 is 10.8. The summed E-state index contributed by atoms with van der Waals surface area (Å²) in [6.07, 6.45) is 1.27. The van der Waals surface area contributed by atoms with Crippen LogP contribution in [0.25, 0.3) is 10.9 Å². The average Bonchev–Trinajstić information content (AvgIpc) is 3.27. The normalized spacial score (nSPS) is 14.8. The number of carbonyl (C=O) groups excluding carboxylic acids is 2. The molecule has 0 atom stereocenters. The molecule has 0 spiro atoms. The van der Waals surface area contributed by atoms with Gasteiger partial charge in [0.2, 0.25) is 6.79 Å². The summed E-state index contributed by atoms with van der Waals surface area (Å²) in [5.41, 5.74) is 3.26. The molecule has 0 radical (unpaired) electrons. The minimum atomic E-state index is -0.434. The number of amides is 2.